The van der Waals surface area contributed by atoms with Gasteiger partial charge in [-0.2, -0.15) is 13.2 Å². The van der Waals surface area contributed by atoms with Gasteiger partial charge in [-0.1, -0.05) is 6.07 Å². The predicted molar refractivity (Wildman–Crippen MR) is 101 cm³/mol. The SMILES string of the molecule is Cc1ccc(-c2cc(C(=O)NCc3ncc(F)cc3F)cc(C(O)C(F)(F)F)c2)nc1. The Kier molecular flexibility index (Phi) is 6.30. The number of rotatable bonds is 5. The van der Waals surface area contributed by atoms with Crippen LogP contribution in [0.5, 0.6) is 0 Å². The van der Waals surface area contributed by atoms with E-state index in [9.17, 15) is 31.9 Å². The van der Waals surface area contributed by atoms with Crippen LogP contribution < -0.4 is 5.32 Å². The Bertz CT molecular complexity index is 1100. The van der Waals surface area contributed by atoms with Crippen molar-refractivity contribution in [2.45, 2.75) is 25.7 Å². The van der Waals surface area contributed by atoms with Crippen molar-refractivity contribution in [3.63, 3.8) is 0 Å². The topological polar surface area (TPSA) is 75.1 Å². The molecule has 162 valence electrons. The van der Waals surface area contributed by atoms with Gasteiger partial charge in [-0.25, -0.2) is 8.78 Å². The highest BCUT2D eigenvalue weighted by atomic mass is 19.4. The number of aryl methyl sites for hydroxylation is 1. The molecule has 10 heteroatoms. The van der Waals surface area contributed by atoms with E-state index < -0.39 is 41.9 Å². The molecular formula is C21H16F5N3O2. The molecule has 0 saturated heterocycles. The Morgan fingerprint density at radius 3 is 2.45 bits per heavy atom. The number of carbonyl (C=O) groups is 1. The van der Waals surface area contributed by atoms with E-state index in [1.807, 2.05) is 0 Å². The van der Waals surface area contributed by atoms with E-state index in [4.69, 9.17) is 0 Å². The summed E-state index contributed by atoms with van der Waals surface area (Å²) >= 11 is 0. The number of carbonyl (C=O) groups excluding carboxylic acids is 1. The summed E-state index contributed by atoms with van der Waals surface area (Å²) in [5.41, 5.74) is 0.284. The van der Waals surface area contributed by atoms with Crippen LogP contribution in [0.15, 0.2) is 48.8 Å². The van der Waals surface area contributed by atoms with Crippen LogP contribution >= 0.6 is 0 Å². The molecule has 2 heterocycles. The highest BCUT2D eigenvalue weighted by Gasteiger charge is 2.39. The zero-order valence-electron chi connectivity index (χ0n) is 16.0. The van der Waals surface area contributed by atoms with Gasteiger partial charge >= 0.3 is 6.18 Å². The number of amides is 1. The molecule has 3 rings (SSSR count). The molecule has 0 radical (unpaired) electrons. The summed E-state index contributed by atoms with van der Waals surface area (Å²) in [6.07, 6.45) is -5.49. The molecule has 0 fully saturated rings. The smallest absolute Gasteiger partial charge is 0.379 e. The number of aliphatic hydroxyl groups is 1. The van der Waals surface area contributed by atoms with Crippen molar-refractivity contribution >= 4 is 5.91 Å². The molecule has 0 bridgehead atoms. The molecule has 31 heavy (non-hydrogen) atoms. The fraction of sp³-hybridized carbons (Fsp3) is 0.190. The van der Waals surface area contributed by atoms with Crippen LogP contribution in [0.3, 0.4) is 0 Å². The van der Waals surface area contributed by atoms with Crippen molar-refractivity contribution in [3.8, 4) is 11.3 Å². The lowest BCUT2D eigenvalue weighted by Gasteiger charge is -2.17. The maximum atomic E-state index is 13.7. The van der Waals surface area contributed by atoms with Crippen LogP contribution in [0.25, 0.3) is 11.3 Å². The third kappa shape index (κ3) is 5.40. The summed E-state index contributed by atoms with van der Waals surface area (Å²) in [5.74, 6) is -2.71. The van der Waals surface area contributed by atoms with Crippen LogP contribution in [-0.4, -0.2) is 27.2 Å². The Labute approximate surface area is 173 Å². The number of benzene rings is 1. The van der Waals surface area contributed by atoms with Gasteiger partial charge in [0.05, 0.1) is 24.1 Å². The monoisotopic (exact) mass is 437 g/mol. The first-order valence-corrected chi connectivity index (χ1v) is 8.95. The van der Waals surface area contributed by atoms with E-state index in [1.54, 1.807) is 19.1 Å². The molecule has 1 aromatic carbocycles. The minimum atomic E-state index is -4.95. The molecule has 1 atom stereocenters. The number of halogens is 5. The van der Waals surface area contributed by atoms with Gasteiger partial charge in [0.15, 0.2) is 6.10 Å². The van der Waals surface area contributed by atoms with Gasteiger partial charge in [0.1, 0.15) is 11.6 Å². The van der Waals surface area contributed by atoms with Gasteiger partial charge in [0, 0.05) is 23.4 Å². The zero-order valence-corrected chi connectivity index (χ0v) is 16.0. The number of aliphatic hydroxyl groups excluding tert-OH is 1. The first kappa shape index (κ1) is 22.3. The lowest BCUT2D eigenvalue weighted by Crippen LogP contribution is -2.25. The van der Waals surface area contributed by atoms with E-state index in [1.165, 1.54) is 12.3 Å². The van der Waals surface area contributed by atoms with Crippen LogP contribution in [0, 0.1) is 18.6 Å². The van der Waals surface area contributed by atoms with Crippen LogP contribution in [0.1, 0.15) is 33.3 Å². The lowest BCUT2D eigenvalue weighted by molar-refractivity contribution is -0.206. The highest BCUT2D eigenvalue weighted by Crippen LogP contribution is 2.34. The zero-order chi connectivity index (χ0) is 22.8. The van der Waals surface area contributed by atoms with Crippen molar-refractivity contribution < 1.29 is 31.9 Å². The minimum Gasteiger partial charge on any atom is -0.379 e. The van der Waals surface area contributed by atoms with Crippen molar-refractivity contribution in [3.05, 3.63) is 82.8 Å². The van der Waals surface area contributed by atoms with E-state index in [0.29, 0.717) is 11.8 Å². The molecule has 2 aromatic heterocycles. The molecule has 5 nitrogen and oxygen atoms in total. The minimum absolute atomic E-state index is 0.178. The third-order valence-electron chi connectivity index (χ3n) is 4.35. The molecule has 0 aliphatic heterocycles. The maximum Gasteiger partial charge on any atom is 0.418 e. The van der Waals surface area contributed by atoms with Crippen molar-refractivity contribution in [1.82, 2.24) is 15.3 Å². The first-order valence-electron chi connectivity index (χ1n) is 8.95. The lowest BCUT2D eigenvalue weighted by atomic mass is 9.99. The summed E-state index contributed by atoms with van der Waals surface area (Å²) in [4.78, 5) is 20.2. The van der Waals surface area contributed by atoms with E-state index in [-0.39, 0.29) is 16.8 Å². The van der Waals surface area contributed by atoms with Crippen LogP contribution in [0.4, 0.5) is 22.0 Å². The molecule has 1 unspecified atom stereocenters. The average molecular weight is 437 g/mol. The number of nitrogens with zero attached hydrogens (tertiary/aromatic N) is 2. The van der Waals surface area contributed by atoms with E-state index in [2.05, 4.69) is 15.3 Å². The van der Waals surface area contributed by atoms with Gasteiger partial charge < -0.3 is 10.4 Å². The van der Waals surface area contributed by atoms with Crippen molar-refractivity contribution in [1.29, 1.82) is 0 Å². The average Bonchev–Trinajstić information content (AvgIpc) is 2.72. The quantitative estimate of drug-likeness (QED) is 0.585. The molecule has 0 aliphatic rings. The second kappa shape index (κ2) is 8.76. The molecule has 0 saturated carbocycles. The number of hydrogen-bond donors (Lipinski definition) is 2. The van der Waals surface area contributed by atoms with Gasteiger partial charge in [-0.05, 0) is 42.3 Å². The normalized spacial score (nSPS) is 12.5. The summed E-state index contributed by atoms with van der Waals surface area (Å²) in [7, 11) is 0. The fourth-order valence-corrected chi connectivity index (χ4v) is 2.76. The number of alkyl halides is 3. The Morgan fingerprint density at radius 2 is 1.84 bits per heavy atom. The summed E-state index contributed by atoms with van der Waals surface area (Å²) in [5, 5.41) is 12.0. The standard InChI is InChI=1S/C21H16F5N3O2/c1-11-2-3-17(27-8-11)12-4-13(19(30)21(24,25)26)6-14(5-12)20(31)29-10-18-16(23)7-15(22)9-28-18/h2-9,19,30H,10H2,1H3,(H,29,31). The van der Waals surface area contributed by atoms with E-state index in [0.717, 1.165) is 23.9 Å². The van der Waals surface area contributed by atoms with Gasteiger partial charge in [0.2, 0.25) is 0 Å². The fourth-order valence-electron chi connectivity index (χ4n) is 2.76. The second-order valence-electron chi connectivity index (χ2n) is 6.77. The molecule has 2 N–H and O–H groups in total. The first-order chi connectivity index (χ1) is 14.5. The summed E-state index contributed by atoms with van der Waals surface area (Å²) in [6.45, 7) is 1.36. The van der Waals surface area contributed by atoms with Gasteiger partial charge in [-0.3, -0.25) is 14.8 Å². The summed E-state index contributed by atoms with van der Waals surface area (Å²) in [6, 6.07) is 7.13. The highest BCUT2D eigenvalue weighted by molar-refractivity contribution is 5.95. The maximum absolute atomic E-state index is 13.7. The molecule has 1 amide bonds. The molecule has 0 aliphatic carbocycles. The predicted octanol–water partition coefficient (Wildman–Crippen LogP) is 4.26. The second-order valence-corrected chi connectivity index (χ2v) is 6.77. The number of pyridine rings is 2. The van der Waals surface area contributed by atoms with E-state index >= 15 is 0 Å². The summed E-state index contributed by atoms with van der Waals surface area (Å²) < 4.78 is 65.8. The molecule has 0 spiro atoms. The molecule has 3 aromatic rings. The van der Waals surface area contributed by atoms with Crippen molar-refractivity contribution in [2.75, 3.05) is 0 Å². The number of aromatic nitrogens is 2. The number of nitrogens with one attached hydrogen (secondary N) is 1. The van der Waals surface area contributed by atoms with Crippen molar-refractivity contribution in [2.24, 2.45) is 0 Å². The number of hydrogen-bond acceptors (Lipinski definition) is 4. The third-order valence-corrected chi connectivity index (χ3v) is 4.35. The van der Waals surface area contributed by atoms with Crippen LogP contribution in [-0.2, 0) is 6.54 Å². The van der Waals surface area contributed by atoms with Gasteiger partial charge in [0.25, 0.3) is 5.91 Å². The van der Waals surface area contributed by atoms with Gasteiger partial charge in [-0.15, -0.1) is 0 Å². The van der Waals surface area contributed by atoms with Crippen LogP contribution in [0.2, 0.25) is 0 Å². The Balaban J connectivity index is 1.94. The molecular weight excluding hydrogens is 421 g/mol. The Hall–Kier alpha value is -3.40. The largest absolute Gasteiger partial charge is 0.418 e. The Morgan fingerprint density at radius 1 is 1.10 bits per heavy atom.